The van der Waals surface area contributed by atoms with Crippen LogP contribution in [0.4, 0.5) is 0 Å². The van der Waals surface area contributed by atoms with Crippen molar-refractivity contribution in [3.63, 3.8) is 0 Å². The van der Waals surface area contributed by atoms with Crippen LogP contribution in [0.3, 0.4) is 0 Å². The van der Waals surface area contributed by atoms with E-state index in [9.17, 15) is 0 Å². The second-order valence-corrected chi connectivity index (χ2v) is 2.17. The van der Waals surface area contributed by atoms with Gasteiger partial charge in [-0.25, -0.2) is 0 Å². The van der Waals surface area contributed by atoms with Crippen molar-refractivity contribution in [1.82, 2.24) is 0 Å². The van der Waals surface area contributed by atoms with Gasteiger partial charge in [-0.1, -0.05) is 20.8 Å². The van der Waals surface area contributed by atoms with Crippen LogP contribution in [0.15, 0.2) is 0 Å². The molecule has 0 radical (unpaired) electrons. The van der Waals surface area contributed by atoms with Gasteiger partial charge in [0.25, 0.3) is 0 Å². The minimum absolute atomic E-state index is 0. The summed E-state index contributed by atoms with van der Waals surface area (Å²) in [6.07, 6.45) is 2.62. The van der Waals surface area contributed by atoms with Crippen molar-refractivity contribution in [2.45, 2.75) is 47.0 Å². The van der Waals surface area contributed by atoms with E-state index in [4.69, 9.17) is 15.3 Å². The van der Waals surface area contributed by atoms with Crippen LogP contribution in [0, 0.1) is 6.92 Å². The number of aliphatic hydroxyl groups is 3. The molecule has 0 saturated heterocycles. The maximum atomic E-state index is 7.88. The van der Waals surface area contributed by atoms with Crippen LogP contribution in [-0.2, 0) is 21.7 Å². The summed E-state index contributed by atoms with van der Waals surface area (Å²) in [5.74, 6) is 0. The van der Waals surface area contributed by atoms with Crippen molar-refractivity contribution < 1.29 is 37.0 Å². The summed E-state index contributed by atoms with van der Waals surface area (Å²) in [6, 6.07) is 0. The zero-order chi connectivity index (χ0) is 12.2. The fraction of sp³-hybridized carbons (Fsp3) is 0.909. The summed E-state index contributed by atoms with van der Waals surface area (Å²) in [5, 5.41) is 23.6. The molecule has 0 aromatic heterocycles. The third-order valence-electron chi connectivity index (χ3n) is 0.671. The molecule has 0 spiro atoms. The standard InChI is InChI=1S/3C3H8O.C2H5.Ti/c3*1-2-3-4;1-2;/h3*4H,2-3H2,1H3;1H2,2H3;/q;;;-1;. The van der Waals surface area contributed by atoms with Crippen molar-refractivity contribution in [3.05, 3.63) is 6.92 Å². The van der Waals surface area contributed by atoms with Gasteiger partial charge in [-0.3, -0.25) is 0 Å². The van der Waals surface area contributed by atoms with Gasteiger partial charge in [0.05, 0.1) is 0 Å². The molecule has 96 valence electrons. The summed E-state index contributed by atoms with van der Waals surface area (Å²) >= 11 is 0. The van der Waals surface area contributed by atoms with Crippen LogP contribution >= 0.6 is 0 Å². The van der Waals surface area contributed by atoms with E-state index in [1.165, 1.54) is 0 Å². The number of rotatable bonds is 3. The third kappa shape index (κ3) is 179. The molecule has 0 aromatic rings. The Bertz CT molecular complexity index is 31.3. The molecule has 0 rings (SSSR count). The Balaban J connectivity index is -0.0000000298. The van der Waals surface area contributed by atoms with Crippen LogP contribution in [0.5, 0.6) is 0 Å². The molecule has 0 aliphatic rings. The van der Waals surface area contributed by atoms with E-state index in [0.29, 0.717) is 19.8 Å². The van der Waals surface area contributed by atoms with Gasteiger partial charge in [0.2, 0.25) is 0 Å². The van der Waals surface area contributed by atoms with E-state index in [0.717, 1.165) is 19.3 Å². The average Bonchev–Trinajstić information content (AvgIpc) is 2.31. The van der Waals surface area contributed by atoms with Crippen LogP contribution in [0.25, 0.3) is 0 Å². The van der Waals surface area contributed by atoms with Gasteiger partial charge in [-0.05, 0) is 19.3 Å². The third-order valence-corrected chi connectivity index (χ3v) is 0.671. The summed E-state index contributed by atoms with van der Waals surface area (Å²) in [6.45, 7) is 11.8. The number of hydrogen-bond donors (Lipinski definition) is 3. The first-order valence-corrected chi connectivity index (χ1v) is 5.28. The Kier molecular flexibility index (Phi) is 122. The molecular weight excluding hydrogens is 228 g/mol. The Hall–Kier alpha value is 0.594. The summed E-state index contributed by atoms with van der Waals surface area (Å²) in [5.41, 5.74) is 0. The normalized spacial score (nSPS) is 6.40. The van der Waals surface area contributed by atoms with Crippen molar-refractivity contribution in [2.24, 2.45) is 0 Å². The first-order valence-electron chi connectivity index (χ1n) is 5.28. The molecule has 15 heavy (non-hydrogen) atoms. The molecule has 0 amide bonds. The van der Waals surface area contributed by atoms with E-state index < -0.39 is 0 Å². The van der Waals surface area contributed by atoms with Crippen LogP contribution < -0.4 is 0 Å². The quantitative estimate of drug-likeness (QED) is 0.535. The van der Waals surface area contributed by atoms with Gasteiger partial charge in [-0.2, -0.15) is 6.92 Å². The van der Waals surface area contributed by atoms with E-state index in [2.05, 4.69) is 6.92 Å². The molecule has 0 fully saturated rings. The molecule has 0 atom stereocenters. The molecule has 0 unspecified atom stereocenters. The molecule has 3 N–H and O–H groups in total. The van der Waals surface area contributed by atoms with E-state index in [1.54, 1.807) is 6.92 Å². The van der Waals surface area contributed by atoms with E-state index >= 15 is 0 Å². The second kappa shape index (κ2) is 62.0. The zero-order valence-electron chi connectivity index (χ0n) is 10.8. The first-order chi connectivity index (χ1) is 6.74. The van der Waals surface area contributed by atoms with Crippen LogP contribution in [0.1, 0.15) is 47.0 Å². The molecule has 0 bridgehead atoms. The predicted molar refractivity (Wildman–Crippen MR) is 63.2 cm³/mol. The predicted octanol–water partition coefficient (Wildman–Crippen LogP) is 2.00. The van der Waals surface area contributed by atoms with Crippen molar-refractivity contribution in [2.75, 3.05) is 19.8 Å². The van der Waals surface area contributed by atoms with Gasteiger partial charge >= 0.3 is 0 Å². The molecule has 0 aromatic carbocycles. The maximum absolute atomic E-state index is 7.88. The topological polar surface area (TPSA) is 60.7 Å². The second-order valence-electron chi connectivity index (χ2n) is 2.17. The molecular formula is C11H29O3Ti-. The monoisotopic (exact) mass is 257 g/mol. The fourth-order valence-electron chi connectivity index (χ4n) is 0. The molecule has 0 aliphatic heterocycles. The van der Waals surface area contributed by atoms with Crippen LogP contribution in [-0.4, -0.2) is 35.1 Å². The molecule has 3 nitrogen and oxygen atoms in total. The van der Waals surface area contributed by atoms with Crippen molar-refractivity contribution in [1.29, 1.82) is 0 Å². The van der Waals surface area contributed by atoms with Gasteiger partial charge in [-0.15, -0.1) is 0 Å². The zero-order valence-corrected chi connectivity index (χ0v) is 12.4. The molecule has 0 saturated carbocycles. The van der Waals surface area contributed by atoms with Gasteiger partial charge in [0.15, 0.2) is 0 Å². The van der Waals surface area contributed by atoms with Gasteiger partial charge < -0.3 is 22.2 Å². The minimum Gasteiger partial charge on any atom is -0.396 e. The average molecular weight is 257 g/mol. The fourth-order valence-corrected chi connectivity index (χ4v) is 0. The van der Waals surface area contributed by atoms with Crippen LogP contribution in [0.2, 0.25) is 0 Å². The largest absolute Gasteiger partial charge is 0.396 e. The van der Waals surface area contributed by atoms with Crippen molar-refractivity contribution in [3.8, 4) is 0 Å². The van der Waals surface area contributed by atoms with Crippen molar-refractivity contribution >= 4 is 0 Å². The first kappa shape index (κ1) is 29.6. The smallest absolute Gasteiger partial charge is 0.0428 e. The minimum atomic E-state index is 0. The summed E-state index contributed by atoms with van der Waals surface area (Å²) in [4.78, 5) is 0. The Labute approximate surface area is 111 Å². The molecule has 0 heterocycles. The number of hydrogen-bond acceptors (Lipinski definition) is 3. The maximum Gasteiger partial charge on any atom is 0.0428 e. The molecule has 0 aliphatic carbocycles. The Morgan fingerprint density at radius 1 is 0.667 bits per heavy atom. The van der Waals surface area contributed by atoms with E-state index in [1.807, 2.05) is 20.8 Å². The van der Waals surface area contributed by atoms with Gasteiger partial charge in [0.1, 0.15) is 0 Å². The summed E-state index contributed by atoms with van der Waals surface area (Å²) in [7, 11) is 0. The Morgan fingerprint density at radius 2 is 0.733 bits per heavy atom. The van der Waals surface area contributed by atoms with Gasteiger partial charge in [0, 0.05) is 41.5 Å². The molecule has 4 heteroatoms. The Morgan fingerprint density at radius 3 is 0.733 bits per heavy atom. The summed E-state index contributed by atoms with van der Waals surface area (Å²) < 4.78 is 0. The number of aliphatic hydroxyl groups excluding tert-OH is 3. The van der Waals surface area contributed by atoms with E-state index in [-0.39, 0.29) is 21.7 Å². The SMILES string of the molecule is CCCO.CCCO.CCCO.[CH2-]C.[Ti].